The molecule has 184 valence electrons. The van der Waals surface area contributed by atoms with Gasteiger partial charge in [0, 0.05) is 11.6 Å². The molecule has 2 aromatic carbocycles. The number of anilines is 1. The van der Waals surface area contributed by atoms with Crippen LogP contribution < -0.4 is 10.5 Å². The smallest absolute Gasteiger partial charge is 0.428 e. The summed E-state index contributed by atoms with van der Waals surface area (Å²) >= 11 is 0. The number of hydrogen-bond donors (Lipinski definition) is 1. The van der Waals surface area contributed by atoms with Crippen LogP contribution in [0.15, 0.2) is 54.6 Å². The van der Waals surface area contributed by atoms with E-state index in [9.17, 15) is 13.2 Å². The number of benzene rings is 2. The van der Waals surface area contributed by atoms with Crippen LogP contribution in [-0.2, 0) is 0 Å². The van der Waals surface area contributed by atoms with Crippen LogP contribution in [0.4, 0.5) is 18.9 Å². The first kappa shape index (κ1) is 27.1. The van der Waals surface area contributed by atoms with Gasteiger partial charge >= 0.3 is 6.18 Å². The minimum absolute atomic E-state index is 0.217. The predicted molar refractivity (Wildman–Crippen MR) is 132 cm³/mol. The molecule has 0 aliphatic carbocycles. The number of nitrogen functional groups attached to an aromatic ring is 1. The van der Waals surface area contributed by atoms with Gasteiger partial charge in [0.05, 0.1) is 0 Å². The Kier molecular flexibility index (Phi) is 11.1. The molecule has 2 N–H and O–H groups in total. The van der Waals surface area contributed by atoms with Gasteiger partial charge in [-0.1, -0.05) is 101 Å². The highest BCUT2D eigenvalue weighted by molar-refractivity contribution is 5.43. The van der Waals surface area contributed by atoms with Crippen molar-refractivity contribution in [2.45, 2.75) is 102 Å². The fourth-order valence-corrected chi connectivity index (χ4v) is 4.43. The lowest BCUT2D eigenvalue weighted by Gasteiger charge is -2.40. The summed E-state index contributed by atoms with van der Waals surface area (Å²) in [5.74, 6) is -0.635. The van der Waals surface area contributed by atoms with Gasteiger partial charge in [-0.3, -0.25) is 0 Å². The summed E-state index contributed by atoms with van der Waals surface area (Å²) in [5, 5.41) is 0. The van der Waals surface area contributed by atoms with Gasteiger partial charge in [0.25, 0.3) is 0 Å². The lowest BCUT2D eigenvalue weighted by atomic mass is 9.78. The van der Waals surface area contributed by atoms with E-state index in [4.69, 9.17) is 10.5 Å². The van der Waals surface area contributed by atoms with Crippen molar-refractivity contribution in [3.05, 3.63) is 60.2 Å². The highest BCUT2D eigenvalue weighted by Crippen LogP contribution is 2.47. The van der Waals surface area contributed by atoms with Crippen molar-refractivity contribution >= 4 is 5.69 Å². The van der Waals surface area contributed by atoms with E-state index in [1.807, 2.05) is 0 Å². The van der Waals surface area contributed by atoms with E-state index in [-0.39, 0.29) is 5.75 Å². The highest BCUT2D eigenvalue weighted by atomic mass is 19.4. The van der Waals surface area contributed by atoms with Gasteiger partial charge in [0.2, 0.25) is 5.60 Å². The van der Waals surface area contributed by atoms with Crippen LogP contribution >= 0.6 is 0 Å². The Labute approximate surface area is 197 Å². The van der Waals surface area contributed by atoms with Crippen molar-refractivity contribution in [3.63, 3.8) is 0 Å². The van der Waals surface area contributed by atoms with Gasteiger partial charge < -0.3 is 10.5 Å². The maximum Gasteiger partial charge on any atom is 0.428 e. The van der Waals surface area contributed by atoms with Crippen molar-refractivity contribution in [1.29, 1.82) is 0 Å². The Morgan fingerprint density at radius 2 is 1.36 bits per heavy atom. The summed E-state index contributed by atoms with van der Waals surface area (Å²) in [6, 6.07) is 15.1. The zero-order valence-electron chi connectivity index (χ0n) is 20.2. The van der Waals surface area contributed by atoms with E-state index in [2.05, 4.69) is 6.92 Å². The molecule has 0 aliphatic heterocycles. The van der Waals surface area contributed by atoms with E-state index in [0.717, 1.165) is 25.7 Å². The molecule has 0 fully saturated rings. The number of halogens is 3. The number of unbranched alkanes of at least 4 members (excludes halogenated alkanes) is 9. The molecule has 0 amide bonds. The largest absolute Gasteiger partial charge is 0.477 e. The first-order valence-electron chi connectivity index (χ1n) is 12.4. The van der Waals surface area contributed by atoms with E-state index in [0.29, 0.717) is 17.7 Å². The summed E-state index contributed by atoms with van der Waals surface area (Å²) in [6.45, 7) is 3.38. The molecule has 0 saturated heterocycles. The minimum Gasteiger partial charge on any atom is -0.477 e. The topological polar surface area (TPSA) is 35.2 Å². The average Bonchev–Trinajstić information content (AvgIpc) is 2.77. The molecule has 0 aromatic heterocycles. The molecule has 0 bridgehead atoms. The SMILES string of the molecule is CCCCCCCCCCCCC(c1cccc(N)c1)C(C)(Oc1ccccc1)C(F)(F)F. The van der Waals surface area contributed by atoms with E-state index in [1.54, 1.807) is 54.6 Å². The number of rotatable bonds is 15. The highest BCUT2D eigenvalue weighted by Gasteiger charge is 2.58. The molecule has 0 heterocycles. The van der Waals surface area contributed by atoms with Crippen LogP contribution in [0, 0.1) is 0 Å². The summed E-state index contributed by atoms with van der Waals surface area (Å²) in [4.78, 5) is 0. The fraction of sp³-hybridized carbons (Fsp3) is 0.571. The Morgan fingerprint density at radius 1 is 0.788 bits per heavy atom. The second-order valence-corrected chi connectivity index (χ2v) is 9.21. The number of nitrogens with two attached hydrogens (primary N) is 1. The number of ether oxygens (including phenoxy) is 1. The summed E-state index contributed by atoms with van der Waals surface area (Å²) in [7, 11) is 0. The molecule has 0 radical (unpaired) electrons. The molecular formula is C28H40F3NO. The first-order chi connectivity index (χ1) is 15.8. The van der Waals surface area contributed by atoms with Crippen molar-refractivity contribution in [2.75, 3.05) is 5.73 Å². The Hall–Kier alpha value is -2.17. The Bertz CT molecular complexity index is 793. The Morgan fingerprint density at radius 3 is 1.91 bits per heavy atom. The van der Waals surface area contributed by atoms with Gasteiger partial charge in [-0.15, -0.1) is 0 Å². The molecule has 5 heteroatoms. The van der Waals surface area contributed by atoms with Gasteiger partial charge in [-0.2, -0.15) is 13.2 Å². The summed E-state index contributed by atoms with van der Waals surface area (Å²) in [5.41, 5.74) is 4.61. The van der Waals surface area contributed by atoms with Crippen LogP contribution in [0.5, 0.6) is 5.75 Å². The average molecular weight is 464 g/mol. The molecule has 33 heavy (non-hydrogen) atoms. The third kappa shape index (κ3) is 8.60. The van der Waals surface area contributed by atoms with Crippen molar-refractivity contribution < 1.29 is 17.9 Å². The normalized spacial score (nSPS) is 14.6. The monoisotopic (exact) mass is 463 g/mol. The molecule has 0 spiro atoms. The molecular weight excluding hydrogens is 423 g/mol. The third-order valence-electron chi connectivity index (χ3n) is 6.46. The van der Waals surface area contributed by atoms with E-state index >= 15 is 0 Å². The second kappa shape index (κ2) is 13.5. The Balaban J connectivity index is 2.06. The van der Waals surface area contributed by atoms with Crippen LogP contribution in [0.2, 0.25) is 0 Å². The molecule has 0 saturated carbocycles. The lowest BCUT2D eigenvalue weighted by Crippen LogP contribution is -2.52. The van der Waals surface area contributed by atoms with Crippen molar-refractivity contribution in [3.8, 4) is 5.75 Å². The zero-order valence-corrected chi connectivity index (χ0v) is 20.2. The van der Waals surface area contributed by atoms with Crippen LogP contribution in [0.25, 0.3) is 0 Å². The van der Waals surface area contributed by atoms with Gasteiger partial charge in [-0.25, -0.2) is 0 Å². The molecule has 2 rings (SSSR count). The lowest BCUT2D eigenvalue weighted by molar-refractivity contribution is -0.251. The molecule has 2 nitrogen and oxygen atoms in total. The van der Waals surface area contributed by atoms with Crippen LogP contribution in [0.3, 0.4) is 0 Å². The fourth-order valence-electron chi connectivity index (χ4n) is 4.43. The summed E-state index contributed by atoms with van der Waals surface area (Å²) in [6.07, 6.45) is 7.29. The number of alkyl halides is 3. The van der Waals surface area contributed by atoms with Crippen LogP contribution in [-0.4, -0.2) is 11.8 Å². The third-order valence-corrected chi connectivity index (χ3v) is 6.46. The minimum atomic E-state index is -4.55. The van der Waals surface area contributed by atoms with E-state index in [1.165, 1.54) is 45.4 Å². The van der Waals surface area contributed by atoms with Gasteiger partial charge in [-0.05, 0) is 43.2 Å². The molecule has 0 aliphatic rings. The number of hydrogen-bond acceptors (Lipinski definition) is 2. The van der Waals surface area contributed by atoms with Gasteiger partial charge in [0.15, 0.2) is 0 Å². The molecule has 2 aromatic rings. The van der Waals surface area contributed by atoms with Gasteiger partial charge in [0.1, 0.15) is 5.75 Å². The predicted octanol–water partition coefficient (Wildman–Crippen LogP) is 9.06. The zero-order chi connectivity index (χ0) is 24.2. The van der Waals surface area contributed by atoms with Crippen LogP contribution in [0.1, 0.15) is 96.0 Å². The maximum absolute atomic E-state index is 14.5. The standard InChI is InChI=1S/C28H40F3NO/c1-3-4-5-6-7-8-9-10-11-15-21-26(23-17-16-18-24(32)22-23)27(2,28(29,30)31)33-25-19-13-12-14-20-25/h12-14,16-20,22,26H,3-11,15,21,32H2,1-2H3. The first-order valence-corrected chi connectivity index (χ1v) is 12.4. The summed E-state index contributed by atoms with van der Waals surface area (Å²) < 4.78 is 49.1. The second-order valence-electron chi connectivity index (χ2n) is 9.21. The van der Waals surface area contributed by atoms with Crippen molar-refractivity contribution in [1.82, 2.24) is 0 Å². The van der Waals surface area contributed by atoms with Crippen molar-refractivity contribution in [2.24, 2.45) is 0 Å². The van der Waals surface area contributed by atoms with E-state index < -0.39 is 17.7 Å². The number of para-hydroxylation sites is 1. The molecule has 2 unspecified atom stereocenters. The quantitative estimate of drug-likeness (QED) is 0.211. The maximum atomic E-state index is 14.5. The molecule has 2 atom stereocenters.